The molecule has 1 heterocycles. The van der Waals surface area contributed by atoms with Crippen LogP contribution in [0.15, 0.2) is 12.2 Å². The van der Waals surface area contributed by atoms with Crippen LogP contribution in [0.2, 0.25) is 0 Å². The number of unbranched alkanes of at least 4 members (excludes halogenated alkanes) is 8. The Labute approximate surface area is 196 Å². The van der Waals surface area contributed by atoms with E-state index in [-0.39, 0.29) is 30.8 Å². The van der Waals surface area contributed by atoms with Gasteiger partial charge >= 0.3 is 5.97 Å². The lowest BCUT2D eigenvalue weighted by atomic mass is 9.86. The number of carbonyl (C=O) groups is 1. The molecule has 1 aliphatic carbocycles. The van der Waals surface area contributed by atoms with Gasteiger partial charge in [-0.3, -0.25) is 4.79 Å². The van der Waals surface area contributed by atoms with E-state index in [0.717, 1.165) is 45.1 Å². The number of carboxylic acid groups (broad SMARTS) is 1. The van der Waals surface area contributed by atoms with Gasteiger partial charge in [0.05, 0.1) is 12.2 Å². The van der Waals surface area contributed by atoms with Crippen molar-refractivity contribution >= 4 is 5.97 Å². The molecule has 2 N–H and O–H groups in total. The molecule has 0 aromatic carbocycles. The van der Waals surface area contributed by atoms with Crippen LogP contribution in [0, 0.1) is 11.8 Å². The van der Waals surface area contributed by atoms with Crippen molar-refractivity contribution in [3.63, 3.8) is 0 Å². The predicted octanol–water partition coefficient (Wildman–Crippen LogP) is 6.63. The predicted molar refractivity (Wildman–Crippen MR) is 129 cm³/mol. The minimum atomic E-state index is -0.736. The quantitative estimate of drug-likeness (QED) is 0.191. The van der Waals surface area contributed by atoms with Gasteiger partial charge in [-0.2, -0.15) is 0 Å². The molecule has 1 aliphatic heterocycles. The van der Waals surface area contributed by atoms with Gasteiger partial charge in [-0.25, -0.2) is 0 Å². The number of hydrogen-bond donors (Lipinski definition) is 2. The molecule has 0 radical (unpaired) electrons. The fourth-order valence-corrected chi connectivity index (χ4v) is 5.31. The Balaban J connectivity index is 1.81. The van der Waals surface area contributed by atoms with Crippen LogP contribution in [-0.4, -0.2) is 41.3 Å². The first kappa shape index (κ1) is 27.3. The van der Waals surface area contributed by atoms with Crippen molar-refractivity contribution in [2.24, 2.45) is 11.8 Å². The Morgan fingerprint density at radius 1 is 1.00 bits per heavy atom. The summed E-state index contributed by atoms with van der Waals surface area (Å²) < 4.78 is 12.2. The SMILES string of the molecule is CCCCCCCCCC[C@@H]1[C@@H](C/C=C\CCCC(=O)O)[C@@H](O)C[C@H]1OC1CCCCO1. The van der Waals surface area contributed by atoms with Crippen molar-refractivity contribution in [3.05, 3.63) is 12.2 Å². The molecule has 0 aromatic heterocycles. The summed E-state index contributed by atoms with van der Waals surface area (Å²) >= 11 is 0. The Hall–Kier alpha value is -0.910. The zero-order valence-electron chi connectivity index (χ0n) is 20.4. The molecule has 5 atom stereocenters. The van der Waals surface area contributed by atoms with Gasteiger partial charge in [0.25, 0.3) is 0 Å². The van der Waals surface area contributed by atoms with Crippen LogP contribution in [0.25, 0.3) is 0 Å². The zero-order chi connectivity index (χ0) is 23.0. The smallest absolute Gasteiger partial charge is 0.303 e. The van der Waals surface area contributed by atoms with Crippen molar-refractivity contribution in [1.29, 1.82) is 0 Å². The summed E-state index contributed by atoms with van der Waals surface area (Å²) in [5, 5.41) is 19.6. The van der Waals surface area contributed by atoms with Crippen LogP contribution in [0.5, 0.6) is 0 Å². The number of allylic oxidation sites excluding steroid dienone is 2. The average molecular weight is 453 g/mol. The van der Waals surface area contributed by atoms with Gasteiger partial charge in [0.15, 0.2) is 6.29 Å². The second kappa shape index (κ2) is 16.7. The maximum absolute atomic E-state index is 10.8. The third-order valence-electron chi connectivity index (χ3n) is 7.19. The lowest BCUT2D eigenvalue weighted by Crippen LogP contribution is -2.31. The van der Waals surface area contributed by atoms with Crippen LogP contribution in [-0.2, 0) is 14.3 Å². The van der Waals surface area contributed by atoms with Gasteiger partial charge in [0.2, 0.25) is 0 Å². The van der Waals surface area contributed by atoms with Gasteiger partial charge in [-0.15, -0.1) is 0 Å². The molecule has 5 nitrogen and oxygen atoms in total. The molecule has 2 aliphatic rings. The third-order valence-corrected chi connectivity index (χ3v) is 7.19. The molecule has 32 heavy (non-hydrogen) atoms. The van der Waals surface area contributed by atoms with E-state index in [1.165, 1.54) is 51.4 Å². The van der Waals surface area contributed by atoms with Crippen LogP contribution < -0.4 is 0 Å². The van der Waals surface area contributed by atoms with Crippen molar-refractivity contribution < 1.29 is 24.5 Å². The number of carboxylic acids is 1. The van der Waals surface area contributed by atoms with Crippen molar-refractivity contribution in [2.45, 2.75) is 135 Å². The fourth-order valence-electron chi connectivity index (χ4n) is 5.31. The Kier molecular flexibility index (Phi) is 14.2. The van der Waals surface area contributed by atoms with Gasteiger partial charge in [0.1, 0.15) is 0 Å². The van der Waals surface area contributed by atoms with Crippen LogP contribution >= 0.6 is 0 Å². The highest BCUT2D eigenvalue weighted by Gasteiger charge is 2.43. The van der Waals surface area contributed by atoms with E-state index in [9.17, 15) is 9.90 Å². The number of aliphatic carboxylic acids is 1. The Morgan fingerprint density at radius 2 is 1.75 bits per heavy atom. The minimum Gasteiger partial charge on any atom is -0.481 e. The van der Waals surface area contributed by atoms with Crippen molar-refractivity contribution in [1.82, 2.24) is 0 Å². The highest BCUT2D eigenvalue weighted by atomic mass is 16.7. The van der Waals surface area contributed by atoms with E-state index in [1.807, 2.05) is 0 Å². The molecule has 2 rings (SSSR count). The van der Waals surface area contributed by atoms with Crippen LogP contribution in [0.4, 0.5) is 0 Å². The lowest BCUT2D eigenvalue weighted by molar-refractivity contribution is -0.196. The summed E-state index contributed by atoms with van der Waals surface area (Å²) in [6.07, 6.45) is 22.0. The molecule has 0 aromatic rings. The highest BCUT2D eigenvalue weighted by Crippen LogP contribution is 2.41. The first-order valence-electron chi connectivity index (χ1n) is 13.4. The maximum Gasteiger partial charge on any atom is 0.303 e. The van der Waals surface area contributed by atoms with E-state index in [4.69, 9.17) is 14.6 Å². The van der Waals surface area contributed by atoms with Gasteiger partial charge in [-0.05, 0) is 56.8 Å². The second-order valence-electron chi connectivity index (χ2n) is 9.86. The average Bonchev–Trinajstić information content (AvgIpc) is 3.07. The molecule has 186 valence electrons. The van der Waals surface area contributed by atoms with Crippen molar-refractivity contribution in [3.8, 4) is 0 Å². The van der Waals surface area contributed by atoms with Crippen LogP contribution in [0.3, 0.4) is 0 Å². The van der Waals surface area contributed by atoms with E-state index >= 15 is 0 Å². The van der Waals surface area contributed by atoms with E-state index in [0.29, 0.717) is 18.8 Å². The van der Waals surface area contributed by atoms with E-state index < -0.39 is 5.97 Å². The third kappa shape index (κ3) is 10.8. The molecule has 5 heteroatoms. The first-order chi connectivity index (χ1) is 15.6. The summed E-state index contributed by atoms with van der Waals surface area (Å²) in [5.41, 5.74) is 0. The number of rotatable bonds is 17. The van der Waals surface area contributed by atoms with Crippen molar-refractivity contribution in [2.75, 3.05) is 6.61 Å². The summed E-state index contributed by atoms with van der Waals surface area (Å²) in [7, 11) is 0. The van der Waals surface area contributed by atoms with E-state index in [2.05, 4.69) is 19.1 Å². The summed E-state index contributed by atoms with van der Waals surface area (Å²) in [5.74, 6) is -0.136. The second-order valence-corrected chi connectivity index (χ2v) is 9.86. The van der Waals surface area contributed by atoms with Crippen LogP contribution in [0.1, 0.15) is 116 Å². The number of aliphatic hydroxyl groups excluding tert-OH is 1. The van der Waals surface area contributed by atoms with Gasteiger partial charge in [0, 0.05) is 19.4 Å². The molecule has 1 saturated carbocycles. The molecule has 0 spiro atoms. The topological polar surface area (TPSA) is 76.0 Å². The molecule has 1 unspecified atom stereocenters. The van der Waals surface area contributed by atoms with E-state index in [1.54, 1.807) is 0 Å². The lowest BCUT2D eigenvalue weighted by Gasteiger charge is -2.30. The number of aliphatic hydroxyl groups is 1. The minimum absolute atomic E-state index is 0.0862. The van der Waals surface area contributed by atoms with Gasteiger partial charge < -0.3 is 19.7 Å². The highest BCUT2D eigenvalue weighted by molar-refractivity contribution is 5.66. The normalized spacial score (nSPS) is 28.5. The standard InChI is InChI=1S/C27H48O5/c1-2-3-4-5-6-7-8-12-17-23-22(16-11-9-10-13-18-26(29)30)24(28)21-25(23)32-27-19-14-15-20-31-27/h9,11,22-25,27-28H,2-8,10,12-21H2,1H3,(H,29,30)/b11-9-/t22-,23-,24+,25-,27?/m1/s1. The molecular weight excluding hydrogens is 404 g/mol. The Morgan fingerprint density at radius 3 is 2.44 bits per heavy atom. The van der Waals surface area contributed by atoms with Gasteiger partial charge in [-0.1, -0.05) is 70.4 Å². The monoisotopic (exact) mass is 452 g/mol. The number of ether oxygens (including phenoxy) is 2. The molecule has 0 amide bonds. The molecular formula is C27H48O5. The number of hydrogen-bond acceptors (Lipinski definition) is 4. The Bertz CT molecular complexity index is 514. The maximum atomic E-state index is 10.8. The molecule has 1 saturated heterocycles. The summed E-state index contributed by atoms with van der Waals surface area (Å²) in [6.45, 7) is 3.04. The zero-order valence-corrected chi connectivity index (χ0v) is 20.4. The molecule has 0 bridgehead atoms. The largest absolute Gasteiger partial charge is 0.481 e. The molecule has 2 fully saturated rings. The summed E-state index contributed by atoms with van der Waals surface area (Å²) in [4.78, 5) is 10.7. The summed E-state index contributed by atoms with van der Waals surface area (Å²) in [6, 6.07) is 0. The first-order valence-corrected chi connectivity index (χ1v) is 13.4. The fraction of sp³-hybridized carbons (Fsp3) is 0.889.